The number of rotatable bonds is 4. The van der Waals surface area contributed by atoms with Gasteiger partial charge in [0.05, 0.1) is 11.3 Å². The highest BCUT2D eigenvalue weighted by atomic mass is 19.2. The second-order valence-corrected chi connectivity index (χ2v) is 6.63. The molecule has 3 rings (SSSR count). The molecule has 1 atom stereocenters. The van der Waals surface area contributed by atoms with Crippen LogP contribution in [0.25, 0.3) is 5.69 Å². The first-order valence-corrected chi connectivity index (χ1v) is 7.94. The van der Waals surface area contributed by atoms with Crippen LogP contribution in [-0.2, 0) is 16.1 Å². The third kappa shape index (κ3) is 3.47. The van der Waals surface area contributed by atoms with Crippen LogP contribution in [0.2, 0.25) is 0 Å². The highest BCUT2D eigenvalue weighted by Gasteiger charge is 2.33. The first-order valence-electron chi connectivity index (χ1n) is 7.94. The van der Waals surface area contributed by atoms with E-state index in [9.17, 15) is 8.78 Å². The van der Waals surface area contributed by atoms with E-state index < -0.39 is 11.6 Å². The van der Waals surface area contributed by atoms with Crippen molar-refractivity contribution in [3.63, 3.8) is 0 Å². The van der Waals surface area contributed by atoms with Crippen molar-refractivity contribution < 1.29 is 18.3 Å². The van der Waals surface area contributed by atoms with E-state index >= 15 is 0 Å². The highest BCUT2D eigenvalue weighted by molar-refractivity contribution is 5.33. The van der Waals surface area contributed by atoms with Crippen molar-refractivity contribution in [1.82, 2.24) is 14.8 Å². The molecule has 7 heteroatoms. The summed E-state index contributed by atoms with van der Waals surface area (Å²) < 4.78 is 39.3. The van der Waals surface area contributed by atoms with Gasteiger partial charge in [0.1, 0.15) is 12.4 Å². The van der Waals surface area contributed by atoms with Gasteiger partial charge in [-0.3, -0.25) is 0 Å². The molecule has 0 amide bonds. The molecular formula is C17H21F2N3O2. The van der Waals surface area contributed by atoms with Crippen molar-refractivity contribution in [2.45, 2.75) is 44.8 Å². The molecule has 0 bridgehead atoms. The largest absolute Gasteiger partial charge is 0.377 e. The van der Waals surface area contributed by atoms with E-state index in [1.165, 1.54) is 6.07 Å². The summed E-state index contributed by atoms with van der Waals surface area (Å²) in [5.74, 6) is -0.426. The standard InChI is InChI=1S/C17H21F2N3O2/c1-17(2)9-11(6-7-24-17)16-20-15(10-23-3)21-22(16)12-4-5-13(18)14(19)8-12/h4-5,8,11H,6-7,9-10H2,1-3H3/t11-/m0/s1. The Labute approximate surface area is 139 Å². The van der Waals surface area contributed by atoms with Crippen molar-refractivity contribution in [1.29, 1.82) is 0 Å². The summed E-state index contributed by atoms with van der Waals surface area (Å²) in [5.41, 5.74) is 0.192. The van der Waals surface area contributed by atoms with Crippen molar-refractivity contribution >= 4 is 0 Å². The number of aromatic nitrogens is 3. The van der Waals surface area contributed by atoms with Gasteiger partial charge in [-0.2, -0.15) is 0 Å². The second-order valence-electron chi connectivity index (χ2n) is 6.63. The summed E-state index contributed by atoms with van der Waals surface area (Å²) in [4.78, 5) is 4.57. The first-order chi connectivity index (χ1) is 11.4. The second kappa shape index (κ2) is 6.57. The minimum atomic E-state index is -0.908. The third-order valence-corrected chi connectivity index (χ3v) is 4.16. The molecule has 1 saturated heterocycles. The fourth-order valence-electron chi connectivity index (χ4n) is 3.08. The molecule has 0 saturated carbocycles. The zero-order valence-corrected chi connectivity index (χ0v) is 14.1. The van der Waals surface area contributed by atoms with E-state index in [0.717, 1.165) is 30.8 Å². The maximum atomic E-state index is 13.6. The van der Waals surface area contributed by atoms with Crippen molar-refractivity contribution in [3.8, 4) is 5.69 Å². The topological polar surface area (TPSA) is 49.2 Å². The van der Waals surface area contributed by atoms with Gasteiger partial charge in [-0.15, -0.1) is 5.10 Å². The smallest absolute Gasteiger partial charge is 0.176 e. The van der Waals surface area contributed by atoms with Gasteiger partial charge in [0.2, 0.25) is 0 Å². The van der Waals surface area contributed by atoms with Crippen molar-refractivity contribution in [2.75, 3.05) is 13.7 Å². The summed E-state index contributed by atoms with van der Waals surface area (Å²) in [5, 5.41) is 4.41. The van der Waals surface area contributed by atoms with Crippen LogP contribution in [0.1, 0.15) is 44.3 Å². The van der Waals surface area contributed by atoms with E-state index in [4.69, 9.17) is 9.47 Å². The van der Waals surface area contributed by atoms with Crippen LogP contribution >= 0.6 is 0 Å². The molecular weight excluding hydrogens is 316 g/mol. The Bertz CT molecular complexity index is 731. The number of hydrogen-bond acceptors (Lipinski definition) is 4. The summed E-state index contributed by atoms with van der Waals surface area (Å²) >= 11 is 0. The molecule has 0 N–H and O–H groups in total. The fraction of sp³-hybridized carbons (Fsp3) is 0.529. The van der Waals surface area contributed by atoms with Gasteiger partial charge in [-0.1, -0.05) is 0 Å². The zero-order valence-electron chi connectivity index (χ0n) is 14.1. The van der Waals surface area contributed by atoms with Crippen LogP contribution in [0, 0.1) is 11.6 Å². The number of hydrogen-bond donors (Lipinski definition) is 0. The molecule has 0 radical (unpaired) electrons. The lowest BCUT2D eigenvalue weighted by Crippen LogP contribution is -2.34. The lowest BCUT2D eigenvalue weighted by atomic mass is 9.88. The fourth-order valence-corrected chi connectivity index (χ4v) is 3.08. The predicted molar refractivity (Wildman–Crippen MR) is 84.0 cm³/mol. The van der Waals surface area contributed by atoms with Crippen LogP contribution in [0.3, 0.4) is 0 Å². The minimum absolute atomic E-state index is 0.125. The molecule has 2 heterocycles. The Morgan fingerprint density at radius 3 is 2.79 bits per heavy atom. The minimum Gasteiger partial charge on any atom is -0.377 e. The van der Waals surface area contributed by atoms with Crippen molar-refractivity contribution in [3.05, 3.63) is 41.5 Å². The van der Waals surface area contributed by atoms with Gasteiger partial charge in [-0.25, -0.2) is 18.4 Å². The van der Waals surface area contributed by atoms with E-state index in [1.54, 1.807) is 11.8 Å². The molecule has 5 nitrogen and oxygen atoms in total. The maximum absolute atomic E-state index is 13.6. The molecule has 1 fully saturated rings. The molecule has 0 spiro atoms. The number of benzene rings is 1. The number of ether oxygens (including phenoxy) is 2. The average Bonchev–Trinajstić information content (AvgIpc) is 2.93. The molecule has 0 aliphatic carbocycles. The summed E-state index contributed by atoms with van der Waals surface area (Å²) in [6.07, 6.45) is 1.58. The summed E-state index contributed by atoms with van der Waals surface area (Å²) in [6.45, 7) is 4.96. The van der Waals surface area contributed by atoms with Gasteiger partial charge in [0.15, 0.2) is 17.5 Å². The summed E-state index contributed by atoms with van der Waals surface area (Å²) in [7, 11) is 1.56. The molecule has 0 unspecified atom stereocenters. The normalized spacial score (nSPS) is 20.3. The van der Waals surface area contributed by atoms with Gasteiger partial charge in [-0.05, 0) is 38.8 Å². The van der Waals surface area contributed by atoms with Crippen LogP contribution in [0.4, 0.5) is 8.78 Å². The van der Waals surface area contributed by atoms with Gasteiger partial charge in [0.25, 0.3) is 0 Å². The first kappa shape index (κ1) is 17.0. The Kier molecular flexibility index (Phi) is 4.64. The monoisotopic (exact) mass is 337 g/mol. The Hall–Kier alpha value is -1.86. The average molecular weight is 337 g/mol. The predicted octanol–water partition coefficient (Wildman–Crippen LogP) is 3.36. The van der Waals surface area contributed by atoms with E-state index in [0.29, 0.717) is 18.1 Å². The molecule has 1 aromatic heterocycles. The van der Waals surface area contributed by atoms with Crippen LogP contribution in [-0.4, -0.2) is 34.1 Å². The van der Waals surface area contributed by atoms with Crippen LogP contribution < -0.4 is 0 Å². The lowest BCUT2D eigenvalue weighted by molar-refractivity contribution is -0.0605. The quantitative estimate of drug-likeness (QED) is 0.858. The zero-order chi connectivity index (χ0) is 17.3. The van der Waals surface area contributed by atoms with Crippen molar-refractivity contribution in [2.24, 2.45) is 0 Å². The Balaban J connectivity index is 2.02. The van der Waals surface area contributed by atoms with Gasteiger partial charge < -0.3 is 9.47 Å². The van der Waals surface area contributed by atoms with Crippen LogP contribution in [0.15, 0.2) is 18.2 Å². The molecule has 130 valence electrons. The molecule has 1 aliphatic heterocycles. The Morgan fingerprint density at radius 2 is 2.12 bits per heavy atom. The summed E-state index contributed by atoms with van der Waals surface area (Å²) in [6, 6.07) is 3.73. The molecule has 1 aromatic carbocycles. The highest BCUT2D eigenvalue weighted by Crippen LogP contribution is 2.35. The van der Waals surface area contributed by atoms with Crippen LogP contribution in [0.5, 0.6) is 0 Å². The van der Waals surface area contributed by atoms with Gasteiger partial charge >= 0.3 is 0 Å². The number of methoxy groups -OCH3 is 1. The molecule has 1 aliphatic rings. The van der Waals surface area contributed by atoms with Gasteiger partial charge in [0, 0.05) is 25.7 Å². The number of nitrogens with zero attached hydrogens (tertiary/aromatic N) is 3. The SMILES string of the molecule is COCc1nc([C@H]2CCOC(C)(C)C2)n(-c2ccc(F)c(F)c2)n1. The molecule has 2 aromatic rings. The lowest BCUT2D eigenvalue weighted by Gasteiger charge is -2.35. The number of halogens is 2. The maximum Gasteiger partial charge on any atom is 0.176 e. The Morgan fingerprint density at radius 1 is 1.33 bits per heavy atom. The third-order valence-electron chi connectivity index (χ3n) is 4.16. The van der Waals surface area contributed by atoms with E-state index in [2.05, 4.69) is 10.1 Å². The van der Waals surface area contributed by atoms with E-state index in [1.807, 2.05) is 13.8 Å². The molecule has 24 heavy (non-hydrogen) atoms. The van der Waals surface area contributed by atoms with E-state index in [-0.39, 0.29) is 18.1 Å².